The Kier molecular flexibility index (Phi) is 11.1. The van der Waals surface area contributed by atoms with Crippen molar-refractivity contribution in [3.8, 4) is 0 Å². The summed E-state index contributed by atoms with van der Waals surface area (Å²) in [5, 5.41) is 8.88. The van der Waals surface area contributed by atoms with Crippen LogP contribution in [0.5, 0.6) is 0 Å². The summed E-state index contributed by atoms with van der Waals surface area (Å²) in [6.07, 6.45) is 2.93. The van der Waals surface area contributed by atoms with E-state index in [1.807, 2.05) is 48.2 Å². The van der Waals surface area contributed by atoms with Gasteiger partial charge in [-0.1, -0.05) is 29.5 Å². The standard InChI is InChI=1S/C40H43N11O6S/c1-25-42-32(45-40-41-24-31(58-40)37(55)44-26-6-3-2-4-7-26)23-33(43-25)49-16-14-47(15-17-49)13-5-8-35(53)50-20-18-48(19-21-50)27-9-10-28-29(22-27)39(57)51(38(28)56)30-11-12-34(52)46-36(30)54/h2-4,6-7,9-10,22-24,30H,5,8,11-21H2,1H3,(H,44,55)(H,46,52,54)(H,41,42,43,45). The topological polar surface area (TPSA) is 193 Å². The number of piperidine rings is 1. The summed E-state index contributed by atoms with van der Waals surface area (Å²) in [6, 6.07) is 15.3. The van der Waals surface area contributed by atoms with Crippen LogP contribution < -0.4 is 25.8 Å². The molecule has 4 aliphatic rings. The Balaban J connectivity index is 0.766. The monoisotopic (exact) mass is 805 g/mol. The molecule has 0 bridgehead atoms. The molecule has 4 aliphatic heterocycles. The normalized spacial score (nSPS) is 18.7. The van der Waals surface area contributed by atoms with Crippen LogP contribution in [0.1, 0.15) is 61.9 Å². The lowest BCUT2D eigenvalue weighted by atomic mass is 10.0. The molecule has 1 atom stereocenters. The molecule has 0 aliphatic carbocycles. The van der Waals surface area contributed by atoms with E-state index in [2.05, 4.69) is 45.6 Å². The first-order chi connectivity index (χ1) is 28.1. The number of fused-ring (bicyclic) bond motifs is 1. The van der Waals surface area contributed by atoms with E-state index in [0.29, 0.717) is 59.9 Å². The summed E-state index contributed by atoms with van der Waals surface area (Å²) in [6.45, 7) is 8.17. The van der Waals surface area contributed by atoms with E-state index >= 15 is 0 Å². The molecule has 6 amide bonds. The molecule has 8 rings (SSSR count). The molecule has 1 unspecified atom stereocenters. The van der Waals surface area contributed by atoms with Crippen molar-refractivity contribution in [2.75, 3.05) is 79.3 Å². The number of thiazole rings is 1. The Morgan fingerprint density at radius 2 is 1.60 bits per heavy atom. The highest BCUT2D eigenvalue weighted by Gasteiger charge is 2.45. The van der Waals surface area contributed by atoms with E-state index in [9.17, 15) is 28.8 Å². The van der Waals surface area contributed by atoms with E-state index in [0.717, 1.165) is 55.5 Å². The van der Waals surface area contributed by atoms with Gasteiger partial charge in [-0.2, -0.15) is 0 Å². The summed E-state index contributed by atoms with van der Waals surface area (Å²) >= 11 is 1.25. The zero-order valence-electron chi connectivity index (χ0n) is 32.0. The minimum absolute atomic E-state index is 0.0675. The summed E-state index contributed by atoms with van der Waals surface area (Å²) in [4.78, 5) is 99.9. The van der Waals surface area contributed by atoms with E-state index in [-0.39, 0.29) is 35.8 Å². The number of imide groups is 2. The maximum atomic E-state index is 13.3. The average Bonchev–Trinajstić information content (AvgIpc) is 3.79. The second kappa shape index (κ2) is 16.7. The molecule has 0 spiro atoms. The highest BCUT2D eigenvalue weighted by atomic mass is 32.1. The molecule has 18 heteroatoms. The van der Waals surface area contributed by atoms with E-state index < -0.39 is 29.7 Å². The largest absolute Gasteiger partial charge is 0.368 e. The molecule has 300 valence electrons. The van der Waals surface area contributed by atoms with Crippen LogP contribution in [0.2, 0.25) is 0 Å². The van der Waals surface area contributed by atoms with Gasteiger partial charge in [0.1, 0.15) is 28.4 Å². The van der Waals surface area contributed by atoms with Gasteiger partial charge in [0.15, 0.2) is 5.13 Å². The molecule has 17 nitrogen and oxygen atoms in total. The van der Waals surface area contributed by atoms with E-state index in [1.54, 1.807) is 24.4 Å². The second-order valence-electron chi connectivity index (χ2n) is 14.6. The van der Waals surface area contributed by atoms with Crippen LogP contribution in [0.25, 0.3) is 0 Å². The summed E-state index contributed by atoms with van der Waals surface area (Å²) in [5.41, 5.74) is 1.98. The third-order valence-electron chi connectivity index (χ3n) is 10.8. The Labute approximate surface area is 338 Å². The lowest BCUT2D eigenvalue weighted by molar-refractivity contribution is -0.136. The van der Waals surface area contributed by atoms with Gasteiger partial charge in [-0.05, 0) is 56.6 Å². The zero-order chi connectivity index (χ0) is 40.3. The smallest absolute Gasteiger partial charge is 0.267 e. The van der Waals surface area contributed by atoms with Crippen molar-refractivity contribution >= 4 is 74.9 Å². The molecule has 3 saturated heterocycles. The second-order valence-corrected chi connectivity index (χ2v) is 15.6. The SMILES string of the molecule is Cc1nc(Nc2ncc(C(=O)Nc3ccccc3)s2)cc(N2CCN(CCCC(=O)N3CCN(c4ccc5c(c4)C(=O)N(C4CCC(=O)NC4=O)C5=O)CC3)CC2)n1. The Morgan fingerprint density at radius 1 is 0.862 bits per heavy atom. The molecule has 4 aromatic rings. The van der Waals surface area contributed by atoms with Gasteiger partial charge in [0.2, 0.25) is 17.7 Å². The molecular formula is C40H43N11O6S. The number of nitrogens with zero attached hydrogens (tertiary/aromatic N) is 8. The third-order valence-corrected chi connectivity index (χ3v) is 11.7. The number of hydrogen-bond donors (Lipinski definition) is 3. The lowest BCUT2D eigenvalue weighted by Crippen LogP contribution is -2.54. The molecule has 3 fully saturated rings. The number of para-hydroxylation sites is 1. The lowest BCUT2D eigenvalue weighted by Gasteiger charge is -2.37. The van der Waals surface area contributed by atoms with Crippen molar-refractivity contribution in [3.63, 3.8) is 0 Å². The predicted octanol–water partition coefficient (Wildman–Crippen LogP) is 2.89. The van der Waals surface area contributed by atoms with Gasteiger partial charge in [0, 0.05) is 82.6 Å². The maximum absolute atomic E-state index is 13.3. The van der Waals surface area contributed by atoms with Crippen LogP contribution in [-0.4, -0.2) is 130 Å². The van der Waals surface area contributed by atoms with Crippen LogP contribution in [0.4, 0.5) is 28.1 Å². The number of amides is 6. The molecule has 6 heterocycles. The van der Waals surface area contributed by atoms with Gasteiger partial charge in [0.25, 0.3) is 17.7 Å². The highest BCUT2D eigenvalue weighted by Crippen LogP contribution is 2.31. The average molecular weight is 806 g/mol. The number of carbonyl (C=O) groups excluding carboxylic acids is 6. The quantitative estimate of drug-likeness (QED) is 0.188. The number of rotatable bonds is 11. The number of anilines is 5. The van der Waals surface area contributed by atoms with Gasteiger partial charge < -0.3 is 25.3 Å². The number of aromatic nitrogens is 3. The minimum Gasteiger partial charge on any atom is -0.368 e. The molecular weight excluding hydrogens is 763 g/mol. The summed E-state index contributed by atoms with van der Waals surface area (Å²) < 4.78 is 0. The molecule has 3 N–H and O–H groups in total. The first-order valence-corrected chi connectivity index (χ1v) is 20.2. The van der Waals surface area contributed by atoms with E-state index in [1.165, 1.54) is 11.3 Å². The highest BCUT2D eigenvalue weighted by molar-refractivity contribution is 7.17. The van der Waals surface area contributed by atoms with Crippen LogP contribution in [0.15, 0.2) is 60.8 Å². The molecule has 2 aromatic carbocycles. The van der Waals surface area contributed by atoms with Crippen molar-refractivity contribution in [1.82, 2.24) is 35.0 Å². The van der Waals surface area contributed by atoms with Crippen molar-refractivity contribution in [3.05, 3.63) is 82.6 Å². The van der Waals surface area contributed by atoms with E-state index in [4.69, 9.17) is 0 Å². The van der Waals surface area contributed by atoms with Crippen LogP contribution >= 0.6 is 11.3 Å². The fraction of sp³-hybridized carbons (Fsp3) is 0.375. The van der Waals surface area contributed by atoms with Crippen molar-refractivity contribution in [1.29, 1.82) is 0 Å². The fourth-order valence-electron chi connectivity index (χ4n) is 7.72. The van der Waals surface area contributed by atoms with Gasteiger partial charge >= 0.3 is 0 Å². The van der Waals surface area contributed by atoms with Gasteiger partial charge in [-0.15, -0.1) is 0 Å². The number of benzene rings is 2. The Bertz CT molecular complexity index is 2250. The van der Waals surface area contributed by atoms with Gasteiger partial charge in [0.05, 0.1) is 17.3 Å². The van der Waals surface area contributed by atoms with Gasteiger partial charge in [-0.25, -0.2) is 15.0 Å². The van der Waals surface area contributed by atoms with Crippen LogP contribution in [0, 0.1) is 6.92 Å². The first-order valence-electron chi connectivity index (χ1n) is 19.4. The molecule has 0 radical (unpaired) electrons. The van der Waals surface area contributed by atoms with Gasteiger partial charge in [-0.3, -0.25) is 43.9 Å². The Morgan fingerprint density at radius 3 is 2.36 bits per heavy atom. The summed E-state index contributed by atoms with van der Waals surface area (Å²) in [7, 11) is 0. The van der Waals surface area contributed by atoms with Crippen LogP contribution in [0.3, 0.4) is 0 Å². The fourth-order valence-corrected chi connectivity index (χ4v) is 8.44. The van der Waals surface area contributed by atoms with Crippen molar-refractivity contribution in [2.24, 2.45) is 0 Å². The van der Waals surface area contributed by atoms with Crippen molar-refractivity contribution < 1.29 is 28.8 Å². The third kappa shape index (κ3) is 8.38. The van der Waals surface area contributed by atoms with Crippen molar-refractivity contribution in [2.45, 2.75) is 38.6 Å². The zero-order valence-corrected chi connectivity index (χ0v) is 32.8. The first kappa shape index (κ1) is 38.6. The molecule has 0 saturated carbocycles. The minimum atomic E-state index is -1.01. The van der Waals surface area contributed by atoms with Crippen LogP contribution in [-0.2, 0) is 14.4 Å². The predicted molar refractivity (Wildman–Crippen MR) is 216 cm³/mol. The number of nitrogens with one attached hydrogen (secondary N) is 3. The molecule has 2 aromatic heterocycles. The summed E-state index contributed by atoms with van der Waals surface area (Å²) in [5.74, 6) is -0.180. The number of carbonyl (C=O) groups is 6. The maximum Gasteiger partial charge on any atom is 0.267 e. The number of hydrogen-bond acceptors (Lipinski definition) is 14. The number of piperazine rings is 2. The Hall–Kier alpha value is -6.27. The molecule has 58 heavy (non-hydrogen) atoms. The number of aryl methyl sites for hydroxylation is 1.